The van der Waals surface area contributed by atoms with Crippen LogP contribution < -0.4 is 10.9 Å². The molecule has 24 heavy (non-hydrogen) atoms. The monoisotopic (exact) mass is 357 g/mol. The van der Waals surface area contributed by atoms with Gasteiger partial charge in [-0.05, 0) is 38.5 Å². The fourth-order valence-electron chi connectivity index (χ4n) is 3.53. The molecule has 1 aromatic rings. The lowest BCUT2D eigenvalue weighted by Crippen LogP contribution is -2.52. The van der Waals surface area contributed by atoms with Gasteiger partial charge in [-0.25, -0.2) is 12.8 Å². The molecule has 6 nitrogen and oxygen atoms in total. The SMILES string of the molecule is CC1CN(S(=O)(=O)C2C(C)NNC2C)CC(c2ccc(F)cc2)O1. The Hall–Kier alpha value is -1.06. The summed E-state index contributed by atoms with van der Waals surface area (Å²) in [7, 11) is -3.49. The van der Waals surface area contributed by atoms with Crippen molar-refractivity contribution in [1.82, 2.24) is 15.2 Å². The molecule has 2 N–H and O–H groups in total. The maximum Gasteiger partial charge on any atom is 0.220 e. The minimum Gasteiger partial charge on any atom is -0.368 e. The van der Waals surface area contributed by atoms with Crippen LogP contribution in [0.3, 0.4) is 0 Å². The van der Waals surface area contributed by atoms with Crippen molar-refractivity contribution in [3.8, 4) is 0 Å². The van der Waals surface area contributed by atoms with Crippen LogP contribution in [0.4, 0.5) is 4.39 Å². The van der Waals surface area contributed by atoms with Crippen molar-refractivity contribution >= 4 is 10.0 Å². The molecule has 4 unspecified atom stereocenters. The molecular formula is C16H24FN3O3S. The number of benzene rings is 1. The second kappa shape index (κ2) is 6.68. The highest BCUT2D eigenvalue weighted by Gasteiger charge is 2.45. The predicted molar refractivity (Wildman–Crippen MR) is 89.2 cm³/mol. The van der Waals surface area contributed by atoms with E-state index in [0.717, 1.165) is 5.56 Å². The van der Waals surface area contributed by atoms with Gasteiger partial charge in [-0.2, -0.15) is 4.31 Å². The van der Waals surface area contributed by atoms with Gasteiger partial charge in [0.2, 0.25) is 10.0 Å². The molecule has 134 valence electrons. The molecule has 2 heterocycles. The number of rotatable bonds is 3. The van der Waals surface area contributed by atoms with Gasteiger partial charge in [-0.1, -0.05) is 12.1 Å². The zero-order valence-electron chi connectivity index (χ0n) is 14.1. The number of halogens is 1. The number of hydrogen-bond donors (Lipinski definition) is 2. The molecule has 0 amide bonds. The lowest BCUT2D eigenvalue weighted by atomic mass is 10.1. The Morgan fingerprint density at radius 3 is 2.25 bits per heavy atom. The third-order valence-electron chi connectivity index (χ3n) is 4.70. The molecule has 4 atom stereocenters. The molecule has 0 spiro atoms. The summed E-state index contributed by atoms with van der Waals surface area (Å²) in [6.07, 6.45) is -0.617. The second-order valence-corrected chi connectivity index (χ2v) is 8.77. The molecule has 1 aromatic carbocycles. The highest BCUT2D eigenvalue weighted by atomic mass is 32.2. The summed E-state index contributed by atoms with van der Waals surface area (Å²) in [6, 6.07) is 5.68. The van der Waals surface area contributed by atoms with Crippen molar-refractivity contribution < 1.29 is 17.5 Å². The number of ether oxygens (including phenoxy) is 1. The first-order chi connectivity index (χ1) is 11.3. The molecule has 3 rings (SSSR count). The summed E-state index contributed by atoms with van der Waals surface area (Å²) in [5, 5.41) is -0.531. The zero-order valence-corrected chi connectivity index (χ0v) is 14.9. The molecule has 0 bridgehead atoms. The Morgan fingerprint density at radius 1 is 1.08 bits per heavy atom. The Labute approximate surface area is 142 Å². The predicted octanol–water partition coefficient (Wildman–Crippen LogP) is 1.17. The topological polar surface area (TPSA) is 70.7 Å². The fraction of sp³-hybridized carbons (Fsp3) is 0.625. The minimum atomic E-state index is -3.49. The molecule has 2 fully saturated rings. The number of nitrogens with zero attached hydrogens (tertiary/aromatic N) is 1. The van der Waals surface area contributed by atoms with Crippen LogP contribution in [0.15, 0.2) is 24.3 Å². The minimum absolute atomic E-state index is 0.174. The van der Waals surface area contributed by atoms with Gasteiger partial charge in [-0.3, -0.25) is 10.9 Å². The first-order valence-corrected chi connectivity index (χ1v) is 9.70. The van der Waals surface area contributed by atoms with E-state index in [0.29, 0.717) is 6.54 Å². The quantitative estimate of drug-likeness (QED) is 0.850. The third kappa shape index (κ3) is 3.34. The van der Waals surface area contributed by atoms with E-state index in [2.05, 4.69) is 10.9 Å². The summed E-state index contributed by atoms with van der Waals surface area (Å²) in [5.41, 5.74) is 6.78. The van der Waals surface area contributed by atoms with Gasteiger partial charge in [0.1, 0.15) is 11.1 Å². The summed E-state index contributed by atoms with van der Waals surface area (Å²) in [5.74, 6) is -0.321. The van der Waals surface area contributed by atoms with E-state index in [4.69, 9.17) is 4.74 Å². The number of sulfonamides is 1. The van der Waals surface area contributed by atoms with E-state index in [1.165, 1.54) is 16.4 Å². The molecule has 2 aliphatic rings. The van der Waals surface area contributed by atoms with Crippen LogP contribution in [0.25, 0.3) is 0 Å². The molecule has 0 radical (unpaired) electrons. The number of hydrogen-bond acceptors (Lipinski definition) is 5. The first kappa shape index (κ1) is 17.8. The Morgan fingerprint density at radius 2 is 1.67 bits per heavy atom. The van der Waals surface area contributed by atoms with E-state index in [1.807, 2.05) is 20.8 Å². The maximum atomic E-state index is 13.1. The van der Waals surface area contributed by atoms with E-state index >= 15 is 0 Å². The van der Waals surface area contributed by atoms with Crippen LogP contribution in [-0.2, 0) is 14.8 Å². The lowest BCUT2D eigenvalue weighted by molar-refractivity contribution is -0.0559. The van der Waals surface area contributed by atoms with E-state index < -0.39 is 21.4 Å². The molecule has 0 aromatic heterocycles. The van der Waals surface area contributed by atoms with Gasteiger partial charge in [0.15, 0.2) is 0 Å². The van der Waals surface area contributed by atoms with E-state index in [-0.39, 0.29) is 30.5 Å². The van der Waals surface area contributed by atoms with Crippen molar-refractivity contribution in [2.24, 2.45) is 0 Å². The first-order valence-electron chi connectivity index (χ1n) is 8.20. The molecule has 2 saturated heterocycles. The van der Waals surface area contributed by atoms with E-state index in [1.54, 1.807) is 12.1 Å². The highest BCUT2D eigenvalue weighted by Crippen LogP contribution is 2.30. The van der Waals surface area contributed by atoms with Crippen LogP contribution in [-0.4, -0.2) is 49.3 Å². The normalized spacial score (nSPS) is 35.2. The van der Waals surface area contributed by atoms with Gasteiger partial charge in [0.05, 0.1) is 12.2 Å². The Balaban J connectivity index is 1.84. The number of morpholine rings is 1. The fourth-order valence-corrected chi connectivity index (χ4v) is 5.80. The van der Waals surface area contributed by atoms with Crippen molar-refractivity contribution in [2.45, 2.75) is 50.3 Å². The molecule has 8 heteroatoms. The summed E-state index contributed by atoms with van der Waals surface area (Å²) in [6.45, 7) is 6.15. The standard InChI is InChI=1S/C16H24FN3O3S/c1-10-8-20(24(21,22)16-11(2)18-19-12(16)3)9-15(23-10)13-4-6-14(17)7-5-13/h4-7,10-12,15-16,18-19H,8-9H2,1-3H3. The molecule has 0 saturated carbocycles. The van der Waals surface area contributed by atoms with Crippen molar-refractivity contribution in [2.75, 3.05) is 13.1 Å². The van der Waals surface area contributed by atoms with Gasteiger partial charge in [0, 0.05) is 25.2 Å². The number of hydrazine groups is 1. The van der Waals surface area contributed by atoms with Gasteiger partial charge >= 0.3 is 0 Å². The van der Waals surface area contributed by atoms with Gasteiger partial charge in [0.25, 0.3) is 0 Å². The van der Waals surface area contributed by atoms with Crippen LogP contribution in [0.2, 0.25) is 0 Å². The number of nitrogens with one attached hydrogen (secondary N) is 2. The Bertz CT molecular complexity index is 672. The van der Waals surface area contributed by atoms with Crippen LogP contribution in [0.5, 0.6) is 0 Å². The van der Waals surface area contributed by atoms with E-state index in [9.17, 15) is 12.8 Å². The second-order valence-electron chi connectivity index (χ2n) is 6.68. The lowest BCUT2D eigenvalue weighted by Gasteiger charge is -2.38. The average molecular weight is 357 g/mol. The maximum absolute atomic E-state index is 13.1. The smallest absolute Gasteiger partial charge is 0.220 e. The van der Waals surface area contributed by atoms with Crippen LogP contribution in [0, 0.1) is 5.82 Å². The average Bonchev–Trinajstić information content (AvgIpc) is 2.87. The van der Waals surface area contributed by atoms with Crippen molar-refractivity contribution in [1.29, 1.82) is 0 Å². The third-order valence-corrected chi connectivity index (χ3v) is 7.22. The van der Waals surface area contributed by atoms with Crippen molar-refractivity contribution in [3.63, 3.8) is 0 Å². The zero-order chi connectivity index (χ0) is 17.5. The Kier molecular flexibility index (Phi) is 4.94. The van der Waals surface area contributed by atoms with Crippen LogP contribution >= 0.6 is 0 Å². The van der Waals surface area contributed by atoms with Gasteiger partial charge < -0.3 is 4.74 Å². The molecule has 0 aliphatic carbocycles. The molecule has 2 aliphatic heterocycles. The largest absolute Gasteiger partial charge is 0.368 e. The molecular weight excluding hydrogens is 333 g/mol. The summed E-state index contributed by atoms with van der Waals surface area (Å²) in [4.78, 5) is 0. The van der Waals surface area contributed by atoms with Crippen molar-refractivity contribution in [3.05, 3.63) is 35.6 Å². The summed E-state index contributed by atoms with van der Waals surface area (Å²) < 4.78 is 46.8. The van der Waals surface area contributed by atoms with Gasteiger partial charge in [-0.15, -0.1) is 0 Å². The summed E-state index contributed by atoms with van der Waals surface area (Å²) >= 11 is 0. The highest BCUT2D eigenvalue weighted by molar-refractivity contribution is 7.89. The van der Waals surface area contributed by atoms with Crippen LogP contribution in [0.1, 0.15) is 32.4 Å².